The van der Waals surface area contributed by atoms with E-state index in [2.05, 4.69) is 25.7 Å². The van der Waals surface area contributed by atoms with Crippen LogP contribution < -0.4 is 5.73 Å². The van der Waals surface area contributed by atoms with Crippen LogP contribution in [-0.4, -0.2) is 29.9 Å². The zero-order valence-electron chi connectivity index (χ0n) is 11.9. The summed E-state index contributed by atoms with van der Waals surface area (Å²) < 4.78 is 0. The molecule has 3 heteroatoms. The summed E-state index contributed by atoms with van der Waals surface area (Å²) in [6.07, 6.45) is 4.62. The van der Waals surface area contributed by atoms with E-state index < -0.39 is 0 Å². The predicted octanol–water partition coefficient (Wildman–Crippen LogP) is 2.01. The van der Waals surface area contributed by atoms with Gasteiger partial charge >= 0.3 is 0 Å². The molecule has 3 fully saturated rings. The summed E-state index contributed by atoms with van der Waals surface area (Å²) in [7, 11) is 0. The standard InChI is InChI=1S/C15H26N2O/c1-14(2)11-4-5-15(3,7-11)13(14)17-9-10(8-16)6-12(17)18/h10-11,13H,4-9,16H2,1-3H3. The molecular weight excluding hydrogens is 224 g/mol. The summed E-state index contributed by atoms with van der Waals surface area (Å²) in [5, 5.41) is 0. The molecule has 0 radical (unpaired) electrons. The van der Waals surface area contributed by atoms with Crippen LogP contribution in [0.2, 0.25) is 0 Å². The number of carbonyl (C=O) groups excluding carboxylic acids is 1. The van der Waals surface area contributed by atoms with Gasteiger partial charge in [-0.25, -0.2) is 0 Å². The number of amides is 1. The number of likely N-dealkylation sites (tertiary alicyclic amines) is 1. The minimum Gasteiger partial charge on any atom is -0.338 e. The fraction of sp³-hybridized carbons (Fsp3) is 0.933. The summed E-state index contributed by atoms with van der Waals surface area (Å²) in [6.45, 7) is 8.68. The van der Waals surface area contributed by atoms with Crippen molar-refractivity contribution in [1.29, 1.82) is 0 Å². The Balaban J connectivity index is 1.90. The lowest BCUT2D eigenvalue weighted by Gasteiger charge is -2.47. The number of nitrogens with two attached hydrogens (primary N) is 1. The van der Waals surface area contributed by atoms with Gasteiger partial charge in [-0.2, -0.15) is 0 Å². The number of fused-ring (bicyclic) bond motifs is 2. The van der Waals surface area contributed by atoms with Crippen molar-refractivity contribution in [2.75, 3.05) is 13.1 Å². The Labute approximate surface area is 110 Å². The van der Waals surface area contributed by atoms with E-state index >= 15 is 0 Å². The van der Waals surface area contributed by atoms with E-state index in [9.17, 15) is 4.79 Å². The normalized spacial score (nSPS) is 46.1. The van der Waals surface area contributed by atoms with Gasteiger partial charge in [0.1, 0.15) is 0 Å². The number of carbonyl (C=O) groups is 1. The first-order valence-electron chi connectivity index (χ1n) is 7.38. The Kier molecular flexibility index (Phi) is 2.58. The monoisotopic (exact) mass is 250 g/mol. The van der Waals surface area contributed by atoms with Crippen LogP contribution in [0, 0.1) is 22.7 Å². The van der Waals surface area contributed by atoms with E-state index in [1.54, 1.807) is 0 Å². The molecule has 1 amide bonds. The largest absolute Gasteiger partial charge is 0.338 e. The van der Waals surface area contributed by atoms with Gasteiger partial charge in [0.2, 0.25) is 5.91 Å². The highest BCUT2D eigenvalue weighted by Gasteiger charge is 2.62. The lowest BCUT2D eigenvalue weighted by Crippen LogP contribution is -2.53. The third-order valence-electron chi connectivity index (χ3n) is 6.08. The van der Waals surface area contributed by atoms with E-state index in [0.29, 0.717) is 36.2 Å². The first-order chi connectivity index (χ1) is 8.38. The smallest absolute Gasteiger partial charge is 0.223 e. The molecule has 102 valence electrons. The molecular formula is C15H26N2O. The first kappa shape index (κ1) is 12.5. The summed E-state index contributed by atoms with van der Waals surface area (Å²) in [6, 6.07) is 0.438. The number of rotatable bonds is 2. The van der Waals surface area contributed by atoms with Crippen LogP contribution in [0.3, 0.4) is 0 Å². The molecule has 3 aliphatic rings. The van der Waals surface area contributed by atoms with Gasteiger partial charge < -0.3 is 10.6 Å². The molecule has 1 aliphatic heterocycles. The van der Waals surface area contributed by atoms with Crippen LogP contribution in [0.1, 0.15) is 46.5 Å². The Morgan fingerprint density at radius 2 is 2.11 bits per heavy atom. The highest BCUT2D eigenvalue weighted by molar-refractivity contribution is 5.79. The molecule has 0 aromatic carbocycles. The second kappa shape index (κ2) is 3.72. The molecule has 1 heterocycles. The van der Waals surface area contributed by atoms with Gasteiger partial charge in [-0.05, 0) is 48.5 Å². The van der Waals surface area contributed by atoms with Crippen molar-refractivity contribution in [2.24, 2.45) is 28.4 Å². The lowest BCUT2D eigenvalue weighted by atomic mass is 9.67. The number of hydrogen-bond donors (Lipinski definition) is 1. The van der Waals surface area contributed by atoms with Crippen molar-refractivity contribution in [2.45, 2.75) is 52.5 Å². The summed E-state index contributed by atoms with van der Waals surface area (Å²) in [5.74, 6) is 1.53. The van der Waals surface area contributed by atoms with Crippen LogP contribution in [0.25, 0.3) is 0 Å². The SMILES string of the molecule is CC12CCC(C1)C(C)(C)C2N1CC(CN)CC1=O. The van der Waals surface area contributed by atoms with E-state index in [4.69, 9.17) is 5.73 Å². The van der Waals surface area contributed by atoms with Crippen LogP contribution in [-0.2, 0) is 4.79 Å². The zero-order valence-corrected chi connectivity index (χ0v) is 11.9. The molecule has 0 spiro atoms. The Morgan fingerprint density at radius 3 is 2.61 bits per heavy atom. The fourth-order valence-corrected chi connectivity index (χ4v) is 5.27. The first-order valence-corrected chi connectivity index (χ1v) is 7.38. The van der Waals surface area contributed by atoms with Crippen LogP contribution in [0.4, 0.5) is 0 Å². The predicted molar refractivity (Wildman–Crippen MR) is 71.9 cm³/mol. The van der Waals surface area contributed by atoms with Crippen molar-refractivity contribution < 1.29 is 4.79 Å². The van der Waals surface area contributed by atoms with Crippen LogP contribution in [0.15, 0.2) is 0 Å². The van der Waals surface area contributed by atoms with Gasteiger partial charge in [-0.15, -0.1) is 0 Å². The topological polar surface area (TPSA) is 46.3 Å². The third kappa shape index (κ3) is 1.49. The molecule has 1 saturated heterocycles. The number of nitrogens with zero attached hydrogens (tertiary/aromatic N) is 1. The van der Waals surface area contributed by atoms with Gasteiger partial charge in [0.15, 0.2) is 0 Å². The minimum atomic E-state index is 0.284. The maximum Gasteiger partial charge on any atom is 0.223 e. The van der Waals surface area contributed by atoms with Crippen LogP contribution >= 0.6 is 0 Å². The van der Waals surface area contributed by atoms with Gasteiger partial charge in [-0.3, -0.25) is 4.79 Å². The maximum absolute atomic E-state index is 12.3. The molecule has 0 aromatic rings. The minimum absolute atomic E-state index is 0.284. The van der Waals surface area contributed by atoms with Crippen molar-refractivity contribution in [3.8, 4) is 0 Å². The van der Waals surface area contributed by atoms with Crippen molar-refractivity contribution in [3.05, 3.63) is 0 Å². The van der Waals surface area contributed by atoms with E-state index in [1.807, 2.05) is 0 Å². The fourth-order valence-electron chi connectivity index (χ4n) is 5.27. The molecule has 2 aliphatic carbocycles. The molecule has 18 heavy (non-hydrogen) atoms. The average Bonchev–Trinajstić information content (AvgIpc) is 2.88. The Morgan fingerprint density at radius 1 is 1.39 bits per heavy atom. The molecule has 4 atom stereocenters. The van der Waals surface area contributed by atoms with Crippen molar-refractivity contribution in [1.82, 2.24) is 4.90 Å². The van der Waals surface area contributed by atoms with E-state index in [-0.39, 0.29) is 5.41 Å². The molecule has 4 unspecified atom stereocenters. The molecule has 0 aromatic heterocycles. The second-order valence-electron chi connectivity index (χ2n) is 7.67. The highest BCUT2D eigenvalue weighted by atomic mass is 16.2. The van der Waals surface area contributed by atoms with E-state index in [0.717, 1.165) is 12.5 Å². The third-order valence-corrected chi connectivity index (χ3v) is 6.08. The van der Waals surface area contributed by atoms with Gasteiger partial charge in [0, 0.05) is 19.0 Å². The molecule has 2 bridgehead atoms. The van der Waals surface area contributed by atoms with Crippen molar-refractivity contribution in [3.63, 3.8) is 0 Å². The van der Waals surface area contributed by atoms with Crippen LogP contribution in [0.5, 0.6) is 0 Å². The zero-order chi connectivity index (χ0) is 13.1. The second-order valence-corrected chi connectivity index (χ2v) is 7.67. The van der Waals surface area contributed by atoms with Gasteiger partial charge in [-0.1, -0.05) is 20.8 Å². The maximum atomic E-state index is 12.3. The molecule has 3 rings (SSSR count). The van der Waals surface area contributed by atoms with Gasteiger partial charge in [0.05, 0.1) is 0 Å². The van der Waals surface area contributed by atoms with Gasteiger partial charge in [0.25, 0.3) is 0 Å². The summed E-state index contributed by atoms with van der Waals surface area (Å²) in [5.41, 5.74) is 6.39. The summed E-state index contributed by atoms with van der Waals surface area (Å²) >= 11 is 0. The van der Waals surface area contributed by atoms with Crippen molar-refractivity contribution >= 4 is 5.91 Å². The molecule has 2 saturated carbocycles. The number of hydrogen-bond acceptors (Lipinski definition) is 2. The highest BCUT2D eigenvalue weighted by Crippen LogP contribution is 2.64. The molecule has 2 N–H and O–H groups in total. The Hall–Kier alpha value is -0.570. The summed E-state index contributed by atoms with van der Waals surface area (Å²) in [4.78, 5) is 14.5. The molecule has 3 nitrogen and oxygen atoms in total. The average molecular weight is 250 g/mol. The Bertz CT molecular complexity index is 374. The quantitative estimate of drug-likeness (QED) is 0.815. The van der Waals surface area contributed by atoms with E-state index in [1.165, 1.54) is 19.3 Å². The lowest BCUT2D eigenvalue weighted by molar-refractivity contribution is -0.135.